The summed E-state index contributed by atoms with van der Waals surface area (Å²) in [6.07, 6.45) is 3.19. The predicted octanol–water partition coefficient (Wildman–Crippen LogP) is 6.90. The molecule has 1 atom stereocenters. The van der Waals surface area contributed by atoms with Crippen molar-refractivity contribution in [2.75, 3.05) is 7.11 Å². The zero-order chi connectivity index (χ0) is 19.8. The van der Waals surface area contributed by atoms with Crippen LogP contribution in [0.25, 0.3) is 17.0 Å². The van der Waals surface area contributed by atoms with E-state index in [1.807, 2.05) is 30.3 Å². The third-order valence-electron chi connectivity index (χ3n) is 5.13. The Balaban J connectivity index is 1.90. The van der Waals surface area contributed by atoms with Gasteiger partial charge in [0.2, 0.25) is 0 Å². The van der Waals surface area contributed by atoms with Gasteiger partial charge in [-0.3, -0.25) is 4.79 Å². The first-order valence-electron chi connectivity index (χ1n) is 9.00. The van der Waals surface area contributed by atoms with Crippen LogP contribution in [0.15, 0.2) is 57.2 Å². The van der Waals surface area contributed by atoms with Crippen molar-refractivity contribution in [2.45, 2.75) is 35.1 Å². The van der Waals surface area contributed by atoms with Gasteiger partial charge < -0.3 is 9.30 Å². The van der Waals surface area contributed by atoms with E-state index in [1.165, 1.54) is 28.6 Å². The molecule has 3 aromatic rings. The van der Waals surface area contributed by atoms with Crippen LogP contribution in [0.3, 0.4) is 0 Å². The molecule has 0 spiro atoms. The third-order valence-corrected chi connectivity index (χ3v) is 7.13. The van der Waals surface area contributed by atoms with Crippen molar-refractivity contribution in [3.8, 4) is 0 Å². The minimum absolute atomic E-state index is 0.147. The van der Waals surface area contributed by atoms with Gasteiger partial charge in [-0.25, -0.2) is 0 Å². The average Bonchev–Trinajstić information content (AvgIpc) is 3.23. The SMILES string of the molecule is C=Cc1cc(Br)c2c(Sc3ccc(Cl)cc3)c3n(c2c1)CCC3CC(=O)OC. The van der Waals surface area contributed by atoms with Crippen LogP contribution in [0.2, 0.25) is 5.02 Å². The highest BCUT2D eigenvalue weighted by Gasteiger charge is 2.32. The van der Waals surface area contributed by atoms with Gasteiger partial charge in [0.25, 0.3) is 0 Å². The third kappa shape index (κ3) is 3.51. The molecule has 28 heavy (non-hydrogen) atoms. The van der Waals surface area contributed by atoms with Gasteiger partial charge in [0.15, 0.2) is 0 Å². The molecule has 0 saturated heterocycles. The summed E-state index contributed by atoms with van der Waals surface area (Å²) in [5.41, 5.74) is 3.45. The van der Waals surface area contributed by atoms with Gasteiger partial charge in [-0.2, -0.15) is 0 Å². The molecule has 1 aromatic heterocycles. The average molecular weight is 477 g/mol. The summed E-state index contributed by atoms with van der Waals surface area (Å²) in [5, 5.41) is 1.90. The number of ether oxygens (including phenoxy) is 1. The van der Waals surface area contributed by atoms with E-state index < -0.39 is 0 Å². The zero-order valence-electron chi connectivity index (χ0n) is 15.4. The molecule has 1 aliphatic rings. The molecule has 2 aromatic carbocycles. The van der Waals surface area contributed by atoms with Crippen molar-refractivity contribution in [1.82, 2.24) is 4.57 Å². The van der Waals surface area contributed by atoms with Crippen LogP contribution in [-0.4, -0.2) is 17.6 Å². The summed E-state index contributed by atoms with van der Waals surface area (Å²) in [5.74, 6) is -0.0225. The molecular weight excluding hydrogens is 458 g/mol. The monoisotopic (exact) mass is 475 g/mol. The molecule has 1 aliphatic heterocycles. The standard InChI is InChI=1S/C22H19BrClNO2S/c1-3-13-10-17(23)20-18(11-13)25-9-8-14(12-19(26)27-2)21(25)22(20)28-16-6-4-15(24)5-7-16/h3-7,10-11,14H,1,8-9,12H2,2H3. The van der Waals surface area contributed by atoms with Gasteiger partial charge in [-0.1, -0.05) is 51.9 Å². The van der Waals surface area contributed by atoms with Crippen molar-refractivity contribution in [2.24, 2.45) is 0 Å². The Morgan fingerprint density at radius 1 is 1.39 bits per heavy atom. The Labute approximate surface area is 181 Å². The second-order valence-corrected chi connectivity index (χ2v) is 9.16. The Kier molecular flexibility index (Phi) is 5.59. The fourth-order valence-corrected chi connectivity index (χ4v) is 5.95. The van der Waals surface area contributed by atoms with E-state index in [9.17, 15) is 4.79 Å². The number of halogens is 2. The number of methoxy groups -OCH3 is 1. The summed E-state index contributed by atoms with van der Waals surface area (Å²) in [4.78, 5) is 14.3. The molecule has 0 N–H and O–H groups in total. The second-order valence-electron chi connectivity index (χ2n) is 6.79. The van der Waals surface area contributed by atoms with Crippen LogP contribution in [-0.2, 0) is 16.1 Å². The topological polar surface area (TPSA) is 31.2 Å². The molecule has 0 fully saturated rings. The minimum atomic E-state index is -0.169. The number of rotatable bonds is 5. The minimum Gasteiger partial charge on any atom is -0.469 e. The Hall–Kier alpha value is -1.69. The van der Waals surface area contributed by atoms with Crippen molar-refractivity contribution in [3.05, 3.63) is 63.7 Å². The van der Waals surface area contributed by atoms with Gasteiger partial charge >= 0.3 is 5.97 Å². The number of aryl methyl sites for hydroxylation is 1. The molecule has 0 amide bonds. The summed E-state index contributed by atoms with van der Waals surface area (Å²) in [6.45, 7) is 4.80. The first-order valence-corrected chi connectivity index (χ1v) is 11.0. The number of aromatic nitrogens is 1. The smallest absolute Gasteiger partial charge is 0.306 e. The highest BCUT2D eigenvalue weighted by Crippen LogP contribution is 2.49. The molecule has 0 bridgehead atoms. The zero-order valence-corrected chi connectivity index (χ0v) is 18.5. The number of esters is 1. The van der Waals surface area contributed by atoms with Crippen molar-refractivity contribution >= 4 is 62.2 Å². The van der Waals surface area contributed by atoms with Gasteiger partial charge in [-0.15, -0.1) is 0 Å². The van der Waals surface area contributed by atoms with Crippen LogP contribution < -0.4 is 0 Å². The number of hydrogen-bond donors (Lipinski definition) is 0. The maximum absolute atomic E-state index is 12.0. The molecular formula is C22H19BrClNO2S. The first-order chi connectivity index (χ1) is 13.5. The first kappa shape index (κ1) is 19.6. The molecule has 0 radical (unpaired) electrons. The lowest BCUT2D eigenvalue weighted by atomic mass is 10.00. The van der Waals surface area contributed by atoms with Gasteiger partial charge in [-0.05, 0) is 48.4 Å². The molecule has 2 heterocycles. The maximum atomic E-state index is 12.0. The van der Waals surface area contributed by atoms with E-state index in [-0.39, 0.29) is 11.9 Å². The molecule has 6 heteroatoms. The molecule has 144 valence electrons. The quantitative estimate of drug-likeness (QED) is 0.375. The Bertz CT molecular complexity index is 1070. The van der Waals surface area contributed by atoms with E-state index >= 15 is 0 Å². The fraction of sp³-hybridized carbons (Fsp3) is 0.227. The lowest BCUT2D eigenvalue weighted by Crippen LogP contribution is -2.07. The molecule has 1 unspecified atom stereocenters. The van der Waals surface area contributed by atoms with E-state index in [4.69, 9.17) is 16.3 Å². The number of hydrogen-bond acceptors (Lipinski definition) is 3. The van der Waals surface area contributed by atoms with Crippen LogP contribution in [0.5, 0.6) is 0 Å². The van der Waals surface area contributed by atoms with E-state index in [1.54, 1.807) is 11.8 Å². The highest BCUT2D eigenvalue weighted by atomic mass is 79.9. The van der Waals surface area contributed by atoms with E-state index in [2.05, 4.69) is 39.2 Å². The summed E-state index contributed by atoms with van der Waals surface area (Å²) in [6, 6.07) is 12.1. The molecule has 0 saturated carbocycles. The number of benzene rings is 2. The summed E-state index contributed by atoms with van der Waals surface area (Å²) in [7, 11) is 1.45. The van der Waals surface area contributed by atoms with Crippen LogP contribution in [0, 0.1) is 0 Å². The Morgan fingerprint density at radius 2 is 2.14 bits per heavy atom. The van der Waals surface area contributed by atoms with Gasteiger partial charge in [0.05, 0.1) is 19.0 Å². The predicted molar refractivity (Wildman–Crippen MR) is 119 cm³/mol. The van der Waals surface area contributed by atoms with E-state index in [0.29, 0.717) is 6.42 Å². The molecule has 3 nitrogen and oxygen atoms in total. The lowest BCUT2D eigenvalue weighted by Gasteiger charge is -2.12. The number of carbonyl (C=O) groups is 1. The summed E-state index contributed by atoms with van der Waals surface area (Å²) >= 11 is 11.5. The van der Waals surface area contributed by atoms with Crippen molar-refractivity contribution in [3.63, 3.8) is 0 Å². The van der Waals surface area contributed by atoms with Crippen LogP contribution in [0.1, 0.15) is 30.0 Å². The number of fused-ring (bicyclic) bond motifs is 3. The molecule has 4 rings (SSSR count). The molecule has 0 aliphatic carbocycles. The largest absolute Gasteiger partial charge is 0.469 e. The van der Waals surface area contributed by atoms with Crippen molar-refractivity contribution in [1.29, 1.82) is 0 Å². The van der Waals surface area contributed by atoms with Crippen LogP contribution in [0.4, 0.5) is 0 Å². The van der Waals surface area contributed by atoms with Gasteiger partial charge in [0, 0.05) is 42.8 Å². The fourth-order valence-electron chi connectivity index (χ4n) is 3.82. The van der Waals surface area contributed by atoms with Gasteiger partial charge in [0.1, 0.15) is 0 Å². The maximum Gasteiger partial charge on any atom is 0.306 e. The normalized spacial score (nSPS) is 15.6. The Morgan fingerprint density at radius 3 is 2.82 bits per heavy atom. The highest BCUT2D eigenvalue weighted by molar-refractivity contribution is 9.10. The number of nitrogens with zero attached hydrogens (tertiary/aromatic N) is 1. The number of carbonyl (C=O) groups excluding carboxylic acids is 1. The van der Waals surface area contributed by atoms with Crippen molar-refractivity contribution < 1.29 is 9.53 Å². The summed E-state index contributed by atoms with van der Waals surface area (Å²) < 4.78 is 8.32. The lowest BCUT2D eigenvalue weighted by molar-refractivity contribution is -0.141. The second kappa shape index (κ2) is 7.97. The van der Waals surface area contributed by atoms with E-state index in [0.717, 1.165) is 32.9 Å². The van der Waals surface area contributed by atoms with Crippen LogP contribution >= 0.6 is 39.3 Å².